The van der Waals surface area contributed by atoms with Gasteiger partial charge in [0.05, 0.1) is 11.1 Å². The summed E-state index contributed by atoms with van der Waals surface area (Å²) in [7, 11) is 0. The molecule has 0 saturated carbocycles. The van der Waals surface area contributed by atoms with E-state index in [1.54, 1.807) is 0 Å². The Morgan fingerprint density at radius 3 is 1.50 bits per heavy atom. The molecule has 0 aliphatic carbocycles. The van der Waals surface area contributed by atoms with E-state index in [0.717, 1.165) is 0 Å². The minimum atomic E-state index is -5.08. The van der Waals surface area contributed by atoms with Crippen LogP contribution in [0.15, 0.2) is 0 Å². The molecule has 0 saturated heterocycles. The van der Waals surface area contributed by atoms with E-state index in [2.05, 4.69) is 0 Å². The summed E-state index contributed by atoms with van der Waals surface area (Å²) in [4.78, 5) is 0. The van der Waals surface area contributed by atoms with Crippen LogP contribution in [0.2, 0.25) is 0 Å². The molecular formula is CF3NiO2S-. The topological polar surface area (TPSA) is 40.1 Å². The number of halogens is 3. The second kappa shape index (κ2) is 3.43. The van der Waals surface area contributed by atoms with Crippen LogP contribution < -0.4 is 0 Å². The van der Waals surface area contributed by atoms with E-state index in [9.17, 15) is 13.2 Å². The number of rotatable bonds is 0. The average molecular weight is 192 g/mol. The third-order valence-corrected chi connectivity index (χ3v) is 0.567. The first kappa shape index (κ1) is 11.2. The normalized spacial score (nSPS) is 14.5. The van der Waals surface area contributed by atoms with Crippen LogP contribution in [-0.4, -0.2) is 14.3 Å². The summed E-state index contributed by atoms with van der Waals surface area (Å²) in [5, 5.41) is 0. The van der Waals surface area contributed by atoms with Crippen LogP contribution in [0, 0.1) is 0 Å². The van der Waals surface area contributed by atoms with Gasteiger partial charge in [-0.15, -0.1) is 0 Å². The molecule has 0 N–H and O–H groups in total. The van der Waals surface area contributed by atoms with Crippen molar-refractivity contribution >= 4 is 11.1 Å². The van der Waals surface area contributed by atoms with E-state index in [4.69, 9.17) is 8.76 Å². The van der Waals surface area contributed by atoms with Gasteiger partial charge in [-0.2, -0.15) is 13.2 Å². The summed E-state index contributed by atoms with van der Waals surface area (Å²) in [6.07, 6.45) is 0. The predicted molar refractivity (Wildman–Crippen MR) is 15.0 cm³/mol. The zero-order valence-corrected chi connectivity index (χ0v) is 4.98. The molecule has 54 valence electrons. The van der Waals surface area contributed by atoms with Crippen LogP contribution in [0.25, 0.3) is 0 Å². The maximum absolute atomic E-state index is 10.6. The summed E-state index contributed by atoms with van der Waals surface area (Å²) in [6, 6.07) is 0. The van der Waals surface area contributed by atoms with Gasteiger partial charge in [-0.25, -0.2) is 0 Å². The standard InChI is InChI=1S/CHF3O2S.Ni/c2-1(3,4)7(5)6;/h(H,5,6);/p-1. The molecule has 7 heteroatoms. The smallest absolute Gasteiger partial charge is 0.458 e. The molecule has 0 rings (SSSR count). The van der Waals surface area contributed by atoms with Gasteiger partial charge in [0.2, 0.25) is 0 Å². The van der Waals surface area contributed by atoms with Gasteiger partial charge in [0, 0.05) is 16.5 Å². The van der Waals surface area contributed by atoms with Crippen molar-refractivity contribution in [2.75, 3.05) is 0 Å². The van der Waals surface area contributed by atoms with Crippen LogP contribution in [0.3, 0.4) is 0 Å². The molecule has 0 amide bonds. The summed E-state index contributed by atoms with van der Waals surface area (Å²) in [5.74, 6) is 0. The first-order valence-electron chi connectivity index (χ1n) is 1.10. The predicted octanol–water partition coefficient (Wildman–Crippen LogP) is 0.383. The molecule has 0 radical (unpaired) electrons. The van der Waals surface area contributed by atoms with Gasteiger partial charge in [0.15, 0.2) is 0 Å². The molecule has 0 heterocycles. The van der Waals surface area contributed by atoms with Gasteiger partial charge < -0.3 is 4.55 Å². The minimum absolute atomic E-state index is 0. The second-order valence-electron chi connectivity index (χ2n) is 0.680. The molecule has 0 fully saturated rings. The molecule has 0 aromatic rings. The number of alkyl halides is 3. The molecule has 8 heavy (non-hydrogen) atoms. The Bertz CT molecular complexity index is 89.8. The van der Waals surface area contributed by atoms with Gasteiger partial charge in [-0.3, -0.25) is 4.21 Å². The van der Waals surface area contributed by atoms with Crippen molar-refractivity contribution in [3.63, 3.8) is 0 Å². The molecule has 1 atom stereocenters. The second-order valence-corrected chi connectivity index (χ2v) is 1.61. The van der Waals surface area contributed by atoms with E-state index in [0.29, 0.717) is 0 Å². The molecule has 0 aliphatic rings. The zero-order chi connectivity index (χ0) is 6.08. The Hall–Kier alpha value is 0.394. The van der Waals surface area contributed by atoms with Crippen molar-refractivity contribution < 1.29 is 38.4 Å². The summed E-state index contributed by atoms with van der Waals surface area (Å²) < 4.78 is 49.5. The summed E-state index contributed by atoms with van der Waals surface area (Å²) in [6.45, 7) is 0. The Morgan fingerprint density at radius 1 is 1.38 bits per heavy atom. The largest absolute Gasteiger partial charge is 0.766 e. The molecule has 0 aliphatic heterocycles. The maximum Gasteiger partial charge on any atom is 0.458 e. The average Bonchev–Trinajstić information content (AvgIpc) is 1.31. The molecule has 0 bridgehead atoms. The Morgan fingerprint density at radius 2 is 1.50 bits per heavy atom. The van der Waals surface area contributed by atoms with Gasteiger partial charge in [0.25, 0.3) is 0 Å². The van der Waals surface area contributed by atoms with Crippen molar-refractivity contribution in [3.8, 4) is 0 Å². The van der Waals surface area contributed by atoms with Crippen molar-refractivity contribution in [1.82, 2.24) is 0 Å². The molecule has 1 unspecified atom stereocenters. The Kier molecular flexibility index (Phi) is 4.81. The van der Waals surface area contributed by atoms with Gasteiger partial charge in [-0.05, 0) is 0 Å². The van der Waals surface area contributed by atoms with E-state index in [-0.39, 0.29) is 16.5 Å². The third-order valence-electron chi connectivity index (χ3n) is 0.189. The van der Waals surface area contributed by atoms with Crippen LogP contribution in [0.5, 0.6) is 0 Å². The SMILES string of the molecule is O=S([O-])C(F)(F)F.[Ni]. The number of hydrogen-bond donors (Lipinski definition) is 0. The van der Waals surface area contributed by atoms with E-state index < -0.39 is 16.6 Å². The fourth-order valence-corrected chi connectivity index (χ4v) is 0. The monoisotopic (exact) mass is 191 g/mol. The van der Waals surface area contributed by atoms with E-state index in [1.165, 1.54) is 0 Å². The first-order chi connectivity index (χ1) is 2.94. The van der Waals surface area contributed by atoms with E-state index in [1.807, 2.05) is 0 Å². The van der Waals surface area contributed by atoms with Crippen LogP contribution in [-0.2, 0) is 27.6 Å². The van der Waals surface area contributed by atoms with Gasteiger partial charge >= 0.3 is 5.51 Å². The van der Waals surface area contributed by atoms with Gasteiger partial charge in [0.1, 0.15) is 0 Å². The Labute approximate surface area is 55.7 Å². The summed E-state index contributed by atoms with van der Waals surface area (Å²) in [5.41, 5.74) is -5.08. The van der Waals surface area contributed by atoms with Crippen molar-refractivity contribution in [1.29, 1.82) is 0 Å². The first-order valence-corrected chi connectivity index (χ1v) is 2.18. The molecule has 0 aromatic heterocycles. The fourth-order valence-electron chi connectivity index (χ4n) is 0. The maximum atomic E-state index is 10.6. The number of hydrogen-bond acceptors (Lipinski definition) is 2. The van der Waals surface area contributed by atoms with Crippen LogP contribution in [0.4, 0.5) is 13.2 Å². The van der Waals surface area contributed by atoms with Crippen molar-refractivity contribution in [3.05, 3.63) is 0 Å². The van der Waals surface area contributed by atoms with Crippen LogP contribution in [0.1, 0.15) is 0 Å². The van der Waals surface area contributed by atoms with Crippen molar-refractivity contribution in [2.24, 2.45) is 0 Å². The zero-order valence-electron chi connectivity index (χ0n) is 3.17. The van der Waals surface area contributed by atoms with Gasteiger partial charge in [-0.1, -0.05) is 0 Å². The fraction of sp³-hybridized carbons (Fsp3) is 1.00. The molecule has 0 aromatic carbocycles. The summed E-state index contributed by atoms with van der Waals surface area (Å²) >= 11 is -3.93. The minimum Gasteiger partial charge on any atom is -0.766 e. The molecule has 2 nitrogen and oxygen atoms in total. The quantitative estimate of drug-likeness (QED) is 0.411. The Balaban J connectivity index is 0. The van der Waals surface area contributed by atoms with E-state index >= 15 is 0 Å². The molecule has 0 spiro atoms. The van der Waals surface area contributed by atoms with Crippen LogP contribution >= 0.6 is 0 Å². The third kappa shape index (κ3) is 4.55. The molecular weight excluding hydrogens is 192 g/mol. The van der Waals surface area contributed by atoms with Crippen molar-refractivity contribution in [2.45, 2.75) is 5.51 Å².